The van der Waals surface area contributed by atoms with Gasteiger partial charge in [-0.05, 0) is 48.0 Å². The van der Waals surface area contributed by atoms with E-state index in [-0.39, 0.29) is 22.4 Å². The quantitative estimate of drug-likeness (QED) is 0.325. The first kappa shape index (κ1) is 20.8. The lowest BCUT2D eigenvalue weighted by atomic mass is 10.1. The Morgan fingerprint density at radius 3 is 2.32 bits per heavy atom. The Hall–Kier alpha value is -3.48. The molecule has 0 atom stereocenters. The van der Waals surface area contributed by atoms with Crippen molar-refractivity contribution in [1.29, 1.82) is 0 Å². The highest BCUT2D eigenvalue weighted by Crippen LogP contribution is 2.35. The predicted molar refractivity (Wildman–Crippen MR) is 121 cm³/mol. The van der Waals surface area contributed by atoms with Gasteiger partial charge in [0.2, 0.25) is 0 Å². The van der Waals surface area contributed by atoms with Crippen LogP contribution in [0.1, 0.15) is 16.1 Å². The van der Waals surface area contributed by atoms with Gasteiger partial charge in [0.25, 0.3) is 5.91 Å². The lowest BCUT2D eigenvalue weighted by Crippen LogP contribution is -2.12. The van der Waals surface area contributed by atoms with Crippen molar-refractivity contribution in [1.82, 2.24) is 4.98 Å². The van der Waals surface area contributed by atoms with Crippen molar-refractivity contribution in [3.8, 4) is 11.5 Å². The fourth-order valence-corrected chi connectivity index (χ4v) is 3.55. The second-order valence-electron chi connectivity index (χ2n) is 6.81. The molecule has 1 amide bonds. The van der Waals surface area contributed by atoms with Gasteiger partial charge in [-0.15, -0.1) is 0 Å². The second-order valence-corrected chi connectivity index (χ2v) is 7.62. The lowest BCUT2D eigenvalue weighted by Gasteiger charge is -2.12. The van der Waals surface area contributed by atoms with Gasteiger partial charge in [-0.1, -0.05) is 47.5 Å². The number of carboxylic acids is 1. The van der Waals surface area contributed by atoms with Crippen LogP contribution in [0.2, 0.25) is 10.0 Å². The standard InChI is InChI=1S/C23H16Cl2N2O4/c24-16-9-13(10-22(28)29)5-7-20(16)31-21-8-6-15(12-17(21)25)26-23(30)19-11-14-3-1-2-4-18(14)27-19/h1-9,11-12,27H,10H2,(H,26,30)(H,28,29). The Balaban J connectivity index is 1.48. The number of hydrogen-bond acceptors (Lipinski definition) is 3. The molecule has 0 saturated carbocycles. The summed E-state index contributed by atoms with van der Waals surface area (Å²) in [7, 11) is 0. The SMILES string of the molecule is O=C(O)Cc1ccc(Oc2ccc(NC(=O)c3cc4ccccc4[nH]3)cc2Cl)c(Cl)c1. The molecule has 156 valence electrons. The van der Waals surface area contributed by atoms with Gasteiger partial charge < -0.3 is 20.1 Å². The van der Waals surface area contributed by atoms with E-state index in [0.29, 0.717) is 28.4 Å². The highest BCUT2D eigenvalue weighted by atomic mass is 35.5. The number of hydrogen-bond donors (Lipinski definition) is 3. The number of carbonyl (C=O) groups excluding carboxylic acids is 1. The third-order valence-electron chi connectivity index (χ3n) is 4.54. The average Bonchev–Trinajstić information content (AvgIpc) is 3.16. The van der Waals surface area contributed by atoms with Crippen LogP contribution in [0.4, 0.5) is 5.69 Å². The number of nitrogens with one attached hydrogen (secondary N) is 2. The Bertz CT molecular complexity index is 1270. The van der Waals surface area contributed by atoms with E-state index in [4.69, 9.17) is 33.0 Å². The van der Waals surface area contributed by atoms with Crippen LogP contribution < -0.4 is 10.1 Å². The van der Waals surface area contributed by atoms with Crippen molar-refractivity contribution in [2.75, 3.05) is 5.32 Å². The Morgan fingerprint density at radius 1 is 0.935 bits per heavy atom. The van der Waals surface area contributed by atoms with Crippen LogP contribution >= 0.6 is 23.2 Å². The van der Waals surface area contributed by atoms with Crippen LogP contribution in [-0.2, 0) is 11.2 Å². The first-order valence-electron chi connectivity index (χ1n) is 9.26. The summed E-state index contributed by atoms with van der Waals surface area (Å²) < 4.78 is 5.75. The Kier molecular flexibility index (Phi) is 5.84. The van der Waals surface area contributed by atoms with Gasteiger partial charge in [0.05, 0.1) is 16.5 Å². The highest BCUT2D eigenvalue weighted by Gasteiger charge is 2.13. The molecule has 1 aromatic heterocycles. The fourth-order valence-electron chi connectivity index (χ4n) is 3.09. The van der Waals surface area contributed by atoms with E-state index >= 15 is 0 Å². The van der Waals surface area contributed by atoms with Crippen LogP contribution in [0.5, 0.6) is 11.5 Å². The van der Waals surface area contributed by atoms with E-state index in [1.807, 2.05) is 24.3 Å². The first-order valence-corrected chi connectivity index (χ1v) is 10.0. The van der Waals surface area contributed by atoms with Crippen LogP contribution in [0.25, 0.3) is 10.9 Å². The van der Waals surface area contributed by atoms with E-state index in [0.717, 1.165) is 10.9 Å². The van der Waals surface area contributed by atoms with E-state index in [2.05, 4.69) is 10.3 Å². The minimum atomic E-state index is -0.946. The molecular weight excluding hydrogens is 439 g/mol. The molecule has 31 heavy (non-hydrogen) atoms. The number of anilines is 1. The fraction of sp³-hybridized carbons (Fsp3) is 0.0435. The molecule has 0 fully saturated rings. The summed E-state index contributed by atoms with van der Waals surface area (Å²) in [6.07, 6.45) is -0.133. The van der Waals surface area contributed by atoms with Gasteiger partial charge in [-0.2, -0.15) is 0 Å². The van der Waals surface area contributed by atoms with Gasteiger partial charge >= 0.3 is 5.97 Å². The molecule has 4 aromatic rings. The van der Waals surface area contributed by atoms with Crippen molar-refractivity contribution in [3.63, 3.8) is 0 Å². The zero-order chi connectivity index (χ0) is 22.0. The summed E-state index contributed by atoms with van der Waals surface area (Å²) in [5, 5.41) is 13.2. The molecular formula is C23H16Cl2N2O4. The number of rotatable bonds is 6. The molecule has 0 radical (unpaired) electrons. The number of carbonyl (C=O) groups is 2. The topological polar surface area (TPSA) is 91.4 Å². The maximum atomic E-state index is 12.5. The van der Waals surface area contributed by atoms with Crippen molar-refractivity contribution in [2.45, 2.75) is 6.42 Å². The van der Waals surface area contributed by atoms with E-state index in [9.17, 15) is 9.59 Å². The van der Waals surface area contributed by atoms with Crippen molar-refractivity contribution in [2.24, 2.45) is 0 Å². The normalized spacial score (nSPS) is 10.8. The number of aliphatic carboxylic acids is 1. The lowest BCUT2D eigenvalue weighted by molar-refractivity contribution is -0.136. The van der Waals surface area contributed by atoms with Crippen molar-refractivity contribution in [3.05, 3.63) is 88.0 Å². The van der Waals surface area contributed by atoms with Gasteiger partial charge in [-0.25, -0.2) is 0 Å². The summed E-state index contributed by atoms with van der Waals surface area (Å²) in [5.74, 6) is -0.554. The largest absolute Gasteiger partial charge is 0.481 e. The molecule has 3 aromatic carbocycles. The van der Waals surface area contributed by atoms with Gasteiger partial charge in [0.1, 0.15) is 17.2 Å². The third kappa shape index (κ3) is 4.82. The maximum Gasteiger partial charge on any atom is 0.307 e. The number of carboxylic acid groups (broad SMARTS) is 1. The molecule has 0 aliphatic rings. The molecule has 8 heteroatoms. The summed E-state index contributed by atoms with van der Waals surface area (Å²) in [4.78, 5) is 26.4. The molecule has 0 aliphatic heterocycles. The maximum absolute atomic E-state index is 12.5. The highest BCUT2D eigenvalue weighted by molar-refractivity contribution is 6.33. The molecule has 3 N–H and O–H groups in total. The third-order valence-corrected chi connectivity index (χ3v) is 5.13. The summed E-state index contributed by atoms with van der Waals surface area (Å²) in [5.41, 5.74) is 2.38. The second kappa shape index (κ2) is 8.71. The smallest absolute Gasteiger partial charge is 0.307 e. The van der Waals surface area contributed by atoms with Crippen molar-refractivity contribution < 1.29 is 19.4 Å². The minimum Gasteiger partial charge on any atom is -0.481 e. The van der Waals surface area contributed by atoms with Gasteiger partial charge in [0.15, 0.2) is 0 Å². The average molecular weight is 455 g/mol. The Morgan fingerprint density at radius 2 is 1.65 bits per heavy atom. The first-order chi connectivity index (χ1) is 14.9. The molecule has 0 bridgehead atoms. The van der Waals surface area contributed by atoms with Crippen LogP contribution in [0.3, 0.4) is 0 Å². The monoisotopic (exact) mass is 454 g/mol. The summed E-state index contributed by atoms with van der Waals surface area (Å²) >= 11 is 12.5. The summed E-state index contributed by atoms with van der Waals surface area (Å²) in [6, 6.07) is 19.0. The number of amides is 1. The van der Waals surface area contributed by atoms with E-state index in [1.54, 1.807) is 36.4 Å². The minimum absolute atomic E-state index is 0.133. The van der Waals surface area contributed by atoms with E-state index < -0.39 is 5.97 Å². The van der Waals surface area contributed by atoms with Gasteiger partial charge in [0, 0.05) is 16.6 Å². The summed E-state index contributed by atoms with van der Waals surface area (Å²) in [6.45, 7) is 0. The molecule has 0 spiro atoms. The molecule has 0 saturated heterocycles. The number of benzene rings is 3. The van der Waals surface area contributed by atoms with Crippen LogP contribution in [0, 0.1) is 0 Å². The Labute approximate surface area is 187 Å². The number of aromatic nitrogens is 1. The molecule has 1 heterocycles. The molecule has 0 unspecified atom stereocenters. The number of para-hydroxylation sites is 1. The number of fused-ring (bicyclic) bond motifs is 1. The zero-order valence-electron chi connectivity index (χ0n) is 16.0. The number of H-pyrrole nitrogens is 1. The van der Waals surface area contributed by atoms with Crippen molar-refractivity contribution >= 4 is 51.7 Å². The predicted octanol–water partition coefficient (Wildman–Crippen LogP) is 6.15. The van der Waals surface area contributed by atoms with Crippen LogP contribution in [0.15, 0.2) is 66.7 Å². The van der Waals surface area contributed by atoms with Gasteiger partial charge in [-0.3, -0.25) is 9.59 Å². The number of aromatic amines is 1. The van der Waals surface area contributed by atoms with E-state index in [1.165, 1.54) is 6.07 Å². The molecule has 6 nitrogen and oxygen atoms in total. The molecule has 4 rings (SSSR count). The van der Waals surface area contributed by atoms with Crippen LogP contribution in [-0.4, -0.2) is 22.0 Å². The number of halogens is 2. The molecule has 0 aliphatic carbocycles. The zero-order valence-corrected chi connectivity index (χ0v) is 17.5. The number of ether oxygens (including phenoxy) is 1.